The molecule has 0 saturated carbocycles. The van der Waals surface area contributed by atoms with Crippen molar-refractivity contribution in [3.05, 3.63) is 57.8 Å². The molecular weight excluding hydrogens is 318 g/mol. The number of aromatic nitrogens is 1. The van der Waals surface area contributed by atoms with Gasteiger partial charge in [-0.05, 0) is 36.8 Å². The Bertz CT molecular complexity index is 707. The number of aryl methyl sites for hydroxylation is 1. The van der Waals surface area contributed by atoms with Gasteiger partial charge in [-0.1, -0.05) is 22.0 Å². The fourth-order valence-corrected chi connectivity index (χ4v) is 2.22. The Balaban J connectivity index is 2.37. The molecule has 1 amide bonds. The molecule has 0 N–H and O–H groups in total. The molecule has 0 bridgehead atoms. The fourth-order valence-electron chi connectivity index (χ4n) is 1.87. The van der Waals surface area contributed by atoms with Crippen molar-refractivity contribution in [1.29, 1.82) is 5.26 Å². The molecule has 100 valence electrons. The molecule has 0 saturated heterocycles. The molecular formula is C15H12BrN3O. The molecule has 0 radical (unpaired) electrons. The van der Waals surface area contributed by atoms with Gasteiger partial charge in [0.05, 0.1) is 0 Å². The lowest BCUT2D eigenvalue weighted by atomic mass is 10.1. The van der Waals surface area contributed by atoms with Crippen molar-refractivity contribution in [1.82, 2.24) is 4.98 Å². The molecule has 2 aromatic rings. The van der Waals surface area contributed by atoms with Gasteiger partial charge in [-0.2, -0.15) is 5.26 Å². The van der Waals surface area contributed by atoms with Crippen LogP contribution in [0, 0.1) is 18.3 Å². The predicted molar refractivity (Wildman–Crippen MR) is 80.6 cm³/mol. The minimum atomic E-state index is -0.176. The molecule has 0 unspecified atom stereocenters. The Hall–Kier alpha value is -2.19. The summed E-state index contributed by atoms with van der Waals surface area (Å²) in [5.74, 6) is -0.176. The number of anilines is 1. The Kier molecular flexibility index (Phi) is 4.16. The van der Waals surface area contributed by atoms with Gasteiger partial charge in [0.1, 0.15) is 11.8 Å². The Morgan fingerprint density at radius 2 is 2.10 bits per heavy atom. The van der Waals surface area contributed by atoms with Crippen molar-refractivity contribution < 1.29 is 4.79 Å². The summed E-state index contributed by atoms with van der Waals surface area (Å²) in [6.07, 6.45) is 1.47. The van der Waals surface area contributed by atoms with Gasteiger partial charge in [0.2, 0.25) is 0 Å². The summed E-state index contributed by atoms with van der Waals surface area (Å²) in [7, 11) is 1.71. The average molecular weight is 330 g/mol. The predicted octanol–water partition coefficient (Wildman–Crippen LogP) is 3.30. The van der Waals surface area contributed by atoms with Crippen LogP contribution in [-0.4, -0.2) is 17.9 Å². The highest BCUT2D eigenvalue weighted by Crippen LogP contribution is 2.24. The van der Waals surface area contributed by atoms with E-state index in [0.717, 1.165) is 15.7 Å². The second kappa shape index (κ2) is 5.85. The molecule has 1 aromatic carbocycles. The molecule has 5 heteroatoms. The molecule has 1 aromatic heterocycles. The smallest absolute Gasteiger partial charge is 0.258 e. The normalized spacial score (nSPS) is 9.90. The van der Waals surface area contributed by atoms with E-state index >= 15 is 0 Å². The average Bonchev–Trinajstić information content (AvgIpc) is 2.48. The maximum absolute atomic E-state index is 12.5. The molecule has 0 spiro atoms. The summed E-state index contributed by atoms with van der Waals surface area (Å²) < 4.78 is 0.908. The Labute approximate surface area is 125 Å². The Morgan fingerprint density at radius 1 is 1.35 bits per heavy atom. The van der Waals surface area contributed by atoms with Crippen LogP contribution < -0.4 is 4.90 Å². The van der Waals surface area contributed by atoms with Gasteiger partial charge >= 0.3 is 0 Å². The molecule has 0 fully saturated rings. The van der Waals surface area contributed by atoms with Gasteiger partial charge < -0.3 is 4.90 Å². The Morgan fingerprint density at radius 3 is 2.80 bits per heavy atom. The number of nitrogens with zero attached hydrogens (tertiary/aromatic N) is 3. The molecule has 0 aliphatic heterocycles. The topological polar surface area (TPSA) is 57.0 Å². The third-order valence-corrected chi connectivity index (χ3v) is 3.45. The number of amides is 1. The number of pyridine rings is 1. The maximum Gasteiger partial charge on any atom is 0.258 e. The number of carbonyl (C=O) groups excluding carboxylic acids is 1. The van der Waals surface area contributed by atoms with E-state index < -0.39 is 0 Å². The van der Waals surface area contributed by atoms with Gasteiger partial charge in [0, 0.05) is 29.0 Å². The lowest BCUT2D eigenvalue weighted by molar-refractivity contribution is 0.0992. The monoisotopic (exact) mass is 329 g/mol. The summed E-state index contributed by atoms with van der Waals surface area (Å²) in [4.78, 5) is 17.9. The van der Waals surface area contributed by atoms with E-state index in [-0.39, 0.29) is 11.6 Å². The third-order valence-electron chi connectivity index (χ3n) is 2.96. The highest BCUT2D eigenvalue weighted by atomic mass is 79.9. The number of hydrogen-bond donors (Lipinski definition) is 0. The zero-order valence-electron chi connectivity index (χ0n) is 11.1. The van der Waals surface area contributed by atoms with Crippen LogP contribution in [0.2, 0.25) is 0 Å². The van der Waals surface area contributed by atoms with E-state index in [1.807, 2.05) is 31.2 Å². The zero-order chi connectivity index (χ0) is 14.7. The first-order valence-corrected chi connectivity index (χ1v) is 6.72. The summed E-state index contributed by atoms with van der Waals surface area (Å²) in [6, 6.07) is 10.8. The van der Waals surface area contributed by atoms with Crippen LogP contribution in [0.25, 0.3) is 0 Å². The van der Waals surface area contributed by atoms with Crippen LogP contribution in [0.4, 0.5) is 5.69 Å². The second-order valence-corrected chi connectivity index (χ2v) is 5.25. The first kappa shape index (κ1) is 14.2. The first-order chi connectivity index (χ1) is 9.52. The van der Waals surface area contributed by atoms with Gasteiger partial charge in [-0.15, -0.1) is 0 Å². The molecule has 4 nitrogen and oxygen atoms in total. The van der Waals surface area contributed by atoms with E-state index in [0.29, 0.717) is 5.56 Å². The lowest BCUT2D eigenvalue weighted by Gasteiger charge is -2.20. The second-order valence-electron chi connectivity index (χ2n) is 4.34. The van der Waals surface area contributed by atoms with Crippen molar-refractivity contribution >= 4 is 27.5 Å². The number of nitriles is 1. The van der Waals surface area contributed by atoms with E-state index in [2.05, 4.69) is 20.9 Å². The lowest BCUT2D eigenvalue weighted by Crippen LogP contribution is -2.27. The van der Waals surface area contributed by atoms with Gasteiger partial charge in [0.15, 0.2) is 0 Å². The van der Waals surface area contributed by atoms with Crippen LogP contribution in [0.5, 0.6) is 0 Å². The number of hydrogen-bond acceptors (Lipinski definition) is 3. The molecule has 1 heterocycles. The summed E-state index contributed by atoms with van der Waals surface area (Å²) in [6.45, 7) is 1.94. The molecule has 20 heavy (non-hydrogen) atoms. The van der Waals surface area contributed by atoms with Crippen LogP contribution >= 0.6 is 15.9 Å². The minimum absolute atomic E-state index is 0.176. The van der Waals surface area contributed by atoms with Crippen molar-refractivity contribution in [2.45, 2.75) is 6.92 Å². The first-order valence-electron chi connectivity index (χ1n) is 5.93. The van der Waals surface area contributed by atoms with E-state index in [9.17, 15) is 4.79 Å². The fraction of sp³-hybridized carbons (Fsp3) is 0.133. The number of benzene rings is 1. The number of halogens is 1. The third kappa shape index (κ3) is 2.86. The van der Waals surface area contributed by atoms with Gasteiger partial charge in [-0.25, -0.2) is 4.98 Å². The van der Waals surface area contributed by atoms with Crippen LogP contribution in [-0.2, 0) is 0 Å². The summed E-state index contributed by atoms with van der Waals surface area (Å²) >= 11 is 3.40. The number of carbonyl (C=O) groups is 1. The zero-order valence-corrected chi connectivity index (χ0v) is 12.7. The van der Waals surface area contributed by atoms with Gasteiger partial charge in [0.25, 0.3) is 5.91 Å². The SMILES string of the molecule is Cc1ccc(Br)cc1N(C)C(=O)c1ccnc(C#N)c1. The van der Waals surface area contributed by atoms with E-state index in [4.69, 9.17) is 5.26 Å². The standard InChI is InChI=1S/C15H12BrN3O/c1-10-3-4-12(16)8-14(10)19(2)15(20)11-5-6-18-13(7-11)9-17/h3-8H,1-2H3. The van der Waals surface area contributed by atoms with Crippen molar-refractivity contribution in [3.63, 3.8) is 0 Å². The summed E-state index contributed by atoms with van der Waals surface area (Å²) in [5.41, 5.74) is 2.49. The van der Waals surface area contributed by atoms with E-state index in [1.165, 1.54) is 12.3 Å². The highest BCUT2D eigenvalue weighted by Gasteiger charge is 2.16. The molecule has 0 aliphatic rings. The minimum Gasteiger partial charge on any atom is -0.311 e. The number of rotatable bonds is 2. The van der Waals surface area contributed by atoms with Crippen LogP contribution in [0.15, 0.2) is 41.0 Å². The van der Waals surface area contributed by atoms with Crippen LogP contribution in [0.3, 0.4) is 0 Å². The van der Waals surface area contributed by atoms with E-state index in [1.54, 1.807) is 18.0 Å². The largest absolute Gasteiger partial charge is 0.311 e. The van der Waals surface area contributed by atoms with Crippen molar-refractivity contribution in [3.8, 4) is 6.07 Å². The van der Waals surface area contributed by atoms with Crippen molar-refractivity contribution in [2.75, 3.05) is 11.9 Å². The van der Waals surface area contributed by atoms with Crippen LogP contribution in [0.1, 0.15) is 21.6 Å². The van der Waals surface area contributed by atoms with Gasteiger partial charge in [-0.3, -0.25) is 4.79 Å². The van der Waals surface area contributed by atoms with Crippen molar-refractivity contribution in [2.24, 2.45) is 0 Å². The molecule has 2 rings (SSSR count). The highest BCUT2D eigenvalue weighted by molar-refractivity contribution is 9.10. The quantitative estimate of drug-likeness (QED) is 0.849. The molecule has 0 aliphatic carbocycles. The maximum atomic E-state index is 12.5. The molecule has 0 atom stereocenters. The summed E-state index contributed by atoms with van der Waals surface area (Å²) in [5, 5.41) is 8.84.